The van der Waals surface area contributed by atoms with E-state index < -0.39 is 0 Å². The average molecular weight is 412 g/mol. The fourth-order valence-electron chi connectivity index (χ4n) is 3.37. The number of carbonyl (C=O) groups is 2. The molecular formula is C22H28N4O4. The molecule has 0 atom stereocenters. The molecule has 2 aromatic rings. The van der Waals surface area contributed by atoms with E-state index in [1.54, 1.807) is 9.80 Å². The number of nitrogens with zero attached hydrogens (tertiary/aromatic N) is 3. The number of aromatic amines is 1. The highest BCUT2D eigenvalue weighted by molar-refractivity contribution is 5.92. The highest BCUT2D eigenvalue weighted by Crippen LogP contribution is 2.32. The smallest absolute Gasteiger partial charge is 0.274 e. The Morgan fingerprint density at radius 1 is 1.07 bits per heavy atom. The molecule has 1 aliphatic rings. The maximum Gasteiger partial charge on any atom is 0.274 e. The van der Waals surface area contributed by atoms with Crippen LogP contribution in [0.5, 0.6) is 5.75 Å². The first kappa shape index (κ1) is 21.5. The number of ether oxygens (including phenoxy) is 1. The summed E-state index contributed by atoms with van der Waals surface area (Å²) in [6.07, 6.45) is 0. The van der Waals surface area contributed by atoms with Gasteiger partial charge >= 0.3 is 0 Å². The standard InChI is InChI=1S/C22H28N4O4/c1-15-5-7-18(16(13-15)22(2,3)4)30-14-20(28)25-9-11-26(12-10-25)21(29)17-6-8-19(27)24-23-17/h5-8,13H,9-12,14H2,1-4H3,(H,24,27). The molecule has 2 amide bonds. The number of benzene rings is 1. The number of H-pyrrole nitrogens is 1. The molecule has 0 saturated carbocycles. The minimum atomic E-state index is -0.356. The van der Waals surface area contributed by atoms with E-state index in [4.69, 9.17) is 4.74 Å². The van der Waals surface area contributed by atoms with Crippen molar-refractivity contribution in [1.29, 1.82) is 0 Å². The van der Waals surface area contributed by atoms with Crippen LogP contribution in [0.2, 0.25) is 0 Å². The molecule has 8 heteroatoms. The molecule has 1 fully saturated rings. The quantitative estimate of drug-likeness (QED) is 0.825. The number of rotatable bonds is 4. The SMILES string of the molecule is Cc1ccc(OCC(=O)N2CCN(C(=O)c3ccc(=O)[nH]n3)CC2)c(C(C)(C)C)c1. The molecule has 1 N–H and O–H groups in total. The van der Waals surface area contributed by atoms with Crippen LogP contribution in [0.25, 0.3) is 0 Å². The lowest BCUT2D eigenvalue weighted by molar-refractivity contribution is -0.134. The Labute approximate surface area is 175 Å². The van der Waals surface area contributed by atoms with Gasteiger partial charge in [0, 0.05) is 32.2 Å². The maximum absolute atomic E-state index is 12.6. The Morgan fingerprint density at radius 2 is 1.73 bits per heavy atom. The summed E-state index contributed by atoms with van der Waals surface area (Å²) >= 11 is 0. The van der Waals surface area contributed by atoms with Crippen molar-refractivity contribution in [3.63, 3.8) is 0 Å². The highest BCUT2D eigenvalue weighted by Gasteiger charge is 2.26. The lowest BCUT2D eigenvalue weighted by Crippen LogP contribution is -2.51. The van der Waals surface area contributed by atoms with Crippen LogP contribution < -0.4 is 10.3 Å². The van der Waals surface area contributed by atoms with Gasteiger partial charge in [-0.2, -0.15) is 5.10 Å². The van der Waals surface area contributed by atoms with E-state index in [1.807, 2.05) is 19.1 Å². The third-order valence-electron chi connectivity index (χ3n) is 5.11. The van der Waals surface area contributed by atoms with Crippen molar-refractivity contribution in [2.24, 2.45) is 0 Å². The molecule has 8 nitrogen and oxygen atoms in total. The molecular weight excluding hydrogens is 384 g/mol. The lowest BCUT2D eigenvalue weighted by Gasteiger charge is -2.34. The van der Waals surface area contributed by atoms with Crippen LogP contribution in [-0.4, -0.2) is 64.6 Å². The van der Waals surface area contributed by atoms with Crippen LogP contribution in [0.15, 0.2) is 35.1 Å². The first-order valence-corrected chi connectivity index (χ1v) is 10.0. The van der Waals surface area contributed by atoms with E-state index in [0.29, 0.717) is 26.2 Å². The number of hydrogen-bond donors (Lipinski definition) is 1. The number of piperazine rings is 1. The zero-order valence-corrected chi connectivity index (χ0v) is 17.9. The molecule has 0 aliphatic carbocycles. The van der Waals surface area contributed by atoms with Crippen LogP contribution in [0, 0.1) is 6.92 Å². The molecule has 0 unspecified atom stereocenters. The van der Waals surface area contributed by atoms with Gasteiger partial charge < -0.3 is 14.5 Å². The molecule has 0 spiro atoms. The Kier molecular flexibility index (Phi) is 6.24. The molecule has 0 radical (unpaired) electrons. The van der Waals surface area contributed by atoms with Crippen LogP contribution in [0.1, 0.15) is 42.4 Å². The normalized spacial score (nSPS) is 14.5. The van der Waals surface area contributed by atoms with Crippen LogP contribution >= 0.6 is 0 Å². The van der Waals surface area contributed by atoms with Gasteiger partial charge in [-0.3, -0.25) is 14.4 Å². The van der Waals surface area contributed by atoms with Crippen molar-refractivity contribution >= 4 is 11.8 Å². The second-order valence-electron chi connectivity index (χ2n) is 8.52. The van der Waals surface area contributed by atoms with Crippen molar-refractivity contribution in [1.82, 2.24) is 20.0 Å². The summed E-state index contributed by atoms with van der Waals surface area (Å²) in [7, 11) is 0. The average Bonchev–Trinajstić information content (AvgIpc) is 2.72. The number of amides is 2. The van der Waals surface area contributed by atoms with Crippen molar-refractivity contribution in [3.8, 4) is 5.75 Å². The number of carbonyl (C=O) groups excluding carboxylic acids is 2. The molecule has 3 rings (SSSR count). The van der Waals surface area contributed by atoms with Crippen LogP contribution in [-0.2, 0) is 10.2 Å². The van der Waals surface area contributed by atoms with Gasteiger partial charge in [0.05, 0.1) is 0 Å². The van der Waals surface area contributed by atoms with Crippen molar-refractivity contribution in [2.45, 2.75) is 33.1 Å². The van der Waals surface area contributed by atoms with Gasteiger partial charge in [-0.05, 0) is 30.0 Å². The number of hydrogen-bond acceptors (Lipinski definition) is 5. The molecule has 1 aromatic carbocycles. The maximum atomic E-state index is 12.6. The number of aromatic nitrogens is 2. The van der Waals surface area contributed by atoms with E-state index in [-0.39, 0.29) is 35.1 Å². The second-order valence-corrected chi connectivity index (χ2v) is 8.52. The summed E-state index contributed by atoms with van der Waals surface area (Å²) in [5.74, 6) is 0.355. The molecule has 1 aliphatic heterocycles. The van der Waals surface area contributed by atoms with Crippen molar-refractivity contribution in [2.75, 3.05) is 32.8 Å². The summed E-state index contributed by atoms with van der Waals surface area (Å²) in [4.78, 5) is 39.5. The zero-order chi connectivity index (χ0) is 21.9. The van der Waals surface area contributed by atoms with Gasteiger partial charge in [0.1, 0.15) is 11.4 Å². The van der Waals surface area contributed by atoms with E-state index in [2.05, 4.69) is 37.0 Å². The van der Waals surface area contributed by atoms with Crippen molar-refractivity contribution < 1.29 is 14.3 Å². The summed E-state index contributed by atoms with van der Waals surface area (Å²) in [6.45, 7) is 10.0. The first-order valence-electron chi connectivity index (χ1n) is 10.0. The molecule has 2 heterocycles. The summed E-state index contributed by atoms with van der Waals surface area (Å²) in [5.41, 5.74) is 1.96. The zero-order valence-electron chi connectivity index (χ0n) is 17.9. The van der Waals surface area contributed by atoms with E-state index in [1.165, 1.54) is 12.1 Å². The molecule has 0 bridgehead atoms. The number of aryl methyl sites for hydroxylation is 1. The minimum Gasteiger partial charge on any atom is -0.483 e. The van der Waals surface area contributed by atoms with Gasteiger partial charge in [0.25, 0.3) is 17.4 Å². The Balaban J connectivity index is 1.56. The van der Waals surface area contributed by atoms with Gasteiger partial charge in [-0.15, -0.1) is 0 Å². The second kappa shape index (κ2) is 8.69. The molecule has 1 aromatic heterocycles. The monoisotopic (exact) mass is 412 g/mol. The summed E-state index contributed by atoms with van der Waals surface area (Å²) in [6, 6.07) is 8.66. The summed E-state index contributed by atoms with van der Waals surface area (Å²) in [5, 5.41) is 6.04. The van der Waals surface area contributed by atoms with Gasteiger partial charge in [0.2, 0.25) is 0 Å². The molecule has 160 valence electrons. The van der Waals surface area contributed by atoms with Gasteiger partial charge in [-0.25, -0.2) is 5.10 Å². The van der Waals surface area contributed by atoms with Crippen LogP contribution in [0.3, 0.4) is 0 Å². The van der Waals surface area contributed by atoms with Gasteiger partial charge in [0.15, 0.2) is 6.61 Å². The Bertz CT molecular complexity index is 965. The van der Waals surface area contributed by atoms with E-state index in [9.17, 15) is 14.4 Å². The fraction of sp³-hybridized carbons (Fsp3) is 0.455. The van der Waals surface area contributed by atoms with Gasteiger partial charge in [-0.1, -0.05) is 38.5 Å². The molecule has 30 heavy (non-hydrogen) atoms. The summed E-state index contributed by atoms with van der Waals surface area (Å²) < 4.78 is 5.87. The lowest BCUT2D eigenvalue weighted by atomic mass is 9.85. The van der Waals surface area contributed by atoms with E-state index >= 15 is 0 Å². The Hall–Kier alpha value is -3.16. The van der Waals surface area contributed by atoms with Crippen LogP contribution in [0.4, 0.5) is 0 Å². The first-order chi connectivity index (χ1) is 14.1. The topological polar surface area (TPSA) is 95.6 Å². The molecule has 1 saturated heterocycles. The fourth-order valence-corrected chi connectivity index (χ4v) is 3.37. The Morgan fingerprint density at radius 3 is 2.33 bits per heavy atom. The number of nitrogens with one attached hydrogen (secondary N) is 1. The predicted octanol–water partition coefficient (Wildman–Crippen LogP) is 1.74. The largest absolute Gasteiger partial charge is 0.483 e. The minimum absolute atomic E-state index is 0.0401. The third-order valence-corrected chi connectivity index (χ3v) is 5.11. The van der Waals surface area contributed by atoms with Crippen molar-refractivity contribution in [3.05, 3.63) is 57.5 Å². The van der Waals surface area contributed by atoms with E-state index in [0.717, 1.165) is 16.9 Å². The predicted molar refractivity (Wildman–Crippen MR) is 113 cm³/mol. The third kappa shape index (κ3) is 5.06. The highest BCUT2D eigenvalue weighted by atomic mass is 16.5.